The molecule has 1 saturated carbocycles. The Kier molecular flexibility index (Phi) is 1.89. The molecule has 8 nitrogen and oxygen atoms in total. The molecule has 8 heteroatoms. The Hall–Kier alpha value is -1.74. The zero-order chi connectivity index (χ0) is 13.4. The van der Waals surface area contributed by atoms with Gasteiger partial charge in [-0.2, -0.15) is 5.10 Å². The van der Waals surface area contributed by atoms with Gasteiger partial charge in [-0.05, 0) is 12.1 Å². The summed E-state index contributed by atoms with van der Waals surface area (Å²) in [6.45, 7) is 0. The van der Waals surface area contributed by atoms with E-state index >= 15 is 0 Å². The number of rotatable bonds is 1. The van der Waals surface area contributed by atoms with Gasteiger partial charge in [0.1, 0.15) is 36.3 Å². The lowest BCUT2D eigenvalue weighted by atomic mass is 10.1. The second kappa shape index (κ2) is 3.23. The molecule has 5 unspecified atom stereocenters. The normalized spacial score (nSPS) is 40.6. The molecule has 0 spiro atoms. The molecule has 1 aliphatic carbocycles. The summed E-state index contributed by atoms with van der Waals surface area (Å²) in [6.07, 6.45) is -2.45. The zero-order valence-electron chi connectivity index (χ0n) is 9.71. The van der Waals surface area contributed by atoms with E-state index < -0.39 is 30.0 Å². The van der Waals surface area contributed by atoms with E-state index in [2.05, 4.69) is 10.1 Å². The molecule has 2 aromatic heterocycles. The van der Waals surface area contributed by atoms with Crippen molar-refractivity contribution in [3.8, 4) is 0 Å². The van der Waals surface area contributed by atoms with Crippen molar-refractivity contribution in [3.05, 3.63) is 24.2 Å². The highest BCUT2D eigenvalue weighted by Gasteiger charge is 2.76. The van der Waals surface area contributed by atoms with Gasteiger partial charge < -0.3 is 25.8 Å². The summed E-state index contributed by atoms with van der Waals surface area (Å²) in [5, 5.41) is 33.6. The van der Waals surface area contributed by atoms with Crippen LogP contribution in [0.5, 0.6) is 0 Å². The molecule has 5 atom stereocenters. The summed E-state index contributed by atoms with van der Waals surface area (Å²) in [4.78, 5) is 3.87. The van der Waals surface area contributed by atoms with Gasteiger partial charge in [0.25, 0.3) is 0 Å². The van der Waals surface area contributed by atoms with Crippen LogP contribution in [-0.4, -0.2) is 53.8 Å². The number of nitrogens with zero attached hydrogens (tertiary/aromatic N) is 3. The topological polar surface area (TPSA) is 126 Å². The fraction of sp³-hybridized carbons (Fsp3) is 0.455. The van der Waals surface area contributed by atoms with Crippen molar-refractivity contribution < 1.29 is 20.1 Å². The lowest BCUT2D eigenvalue weighted by Gasteiger charge is -2.20. The Bertz CT molecular complexity index is 674. The SMILES string of the molecule is Nc1ncnn2c(C3OC4C(O)C4(O)C3O)ccc12. The Morgan fingerprint density at radius 2 is 2.11 bits per heavy atom. The number of anilines is 1. The molecular formula is C11H12N4O4. The van der Waals surface area contributed by atoms with Crippen LogP contribution in [0.2, 0.25) is 0 Å². The van der Waals surface area contributed by atoms with Gasteiger partial charge in [0.2, 0.25) is 0 Å². The molecule has 5 N–H and O–H groups in total. The van der Waals surface area contributed by atoms with Gasteiger partial charge in [-0.15, -0.1) is 0 Å². The molecule has 19 heavy (non-hydrogen) atoms. The van der Waals surface area contributed by atoms with Crippen molar-refractivity contribution in [1.29, 1.82) is 0 Å². The Morgan fingerprint density at radius 3 is 2.79 bits per heavy atom. The van der Waals surface area contributed by atoms with E-state index in [4.69, 9.17) is 10.5 Å². The van der Waals surface area contributed by atoms with Crippen LogP contribution in [-0.2, 0) is 4.74 Å². The molecule has 2 fully saturated rings. The summed E-state index contributed by atoms with van der Waals surface area (Å²) in [5.41, 5.74) is 5.30. The largest absolute Gasteiger partial charge is 0.387 e. The molecule has 0 aromatic carbocycles. The van der Waals surface area contributed by atoms with Crippen LogP contribution in [0.1, 0.15) is 11.8 Å². The molecular weight excluding hydrogens is 252 g/mol. The Morgan fingerprint density at radius 1 is 1.32 bits per heavy atom. The zero-order valence-corrected chi connectivity index (χ0v) is 9.71. The van der Waals surface area contributed by atoms with Crippen molar-refractivity contribution in [3.63, 3.8) is 0 Å². The highest BCUT2D eigenvalue weighted by Crippen LogP contribution is 2.54. The highest BCUT2D eigenvalue weighted by molar-refractivity contribution is 5.65. The monoisotopic (exact) mass is 264 g/mol. The van der Waals surface area contributed by atoms with E-state index in [-0.39, 0.29) is 0 Å². The van der Waals surface area contributed by atoms with Crippen LogP contribution in [0.3, 0.4) is 0 Å². The third kappa shape index (κ3) is 1.17. The Labute approximate surface area is 107 Å². The van der Waals surface area contributed by atoms with E-state index in [1.54, 1.807) is 12.1 Å². The minimum atomic E-state index is -1.58. The molecule has 1 aliphatic heterocycles. The number of aromatic nitrogens is 3. The van der Waals surface area contributed by atoms with E-state index in [0.29, 0.717) is 17.0 Å². The predicted octanol–water partition coefficient (Wildman–Crippen LogP) is -1.78. The molecule has 0 amide bonds. The van der Waals surface area contributed by atoms with Gasteiger partial charge in [-0.1, -0.05) is 0 Å². The maximum atomic E-state index is 10.1. The maximum absolute atomic E-state index is 10.1. The van der Waals surface area contributed by atoms with Crippen molar-refractivity contribution in [2.24, 2.45) is 0 Å². The lowest BCUT2D eigenvalue weighted by molar-refractivity contribution is -0.0690. The molecule has 2 aliphatic rings. The maximum Gasteiger partial charge on any atom is 0.151 e. The van der Waals surface area contributed by atoms with Crippen LogP contribution in [0.15, 0.2) is 18.5 Å². The smallest absolute Gasteiger partial charge is 0.151 e. The van der Waals surface area contributed by atoms with Crippen molar-refractivity contribution in [2.45, 2.75) is 30.0 Å². The van der Waals surface area contributed by atoms with E-state index in [1.807, 2.05) is 0 Å². The van der Waals surface area contributed by atoms with E-state index in [1.165, 1.54) is 10.8 Å². The second-order valence-electron chi connectivity index (χ2n) is 4.95. The standard InChI is InChI=1S/C11H12N4O4/c12-10-5-2-1-4(15(5)14-3-13-10)6-7(16)11(18)8(17)9(11)19-6/h1-3,6-9,16-18H,(H2,12,13,14). The summed E-state index contributed by atoms with van der Waals surface area (Å²) >= 11 is 0. The average Bonchev–Trinajstić information content (AvgIpc) is 2.74. The number of hydrogen-bond acceptors (Lipinski definition) is 7. The number of nitrogen functional groups attached to an aromatic ring is 1. The fourth-order valence-electron chi connectivity index (χ4n) is 2.77. The highest BCUT2D eigenvalue weighted by atomic mass is 16.6. The van der Waals surface area contributed by atoms with Crippen LogP contribution in [0.4, 0.5) is 5.82 Å². The number of fused-ring (bicyclic) bond motifs is 2. The first-order valence-corrected chi connectivity index (χ1v) is 5.87. The minimum Gasteiger partial charge on any atom is -0.387 e. The van der Waals surface area contributed by atoms with Crippen molar-refractivity contribution in [2.75, 3.05) is 5.73 Å². The van der Waals surface area contributed by atoms with Crippen LogP contribution >= 0.6 is 0 Å². The van der Waals surface area contributed by atoms with Gasteiger partial charge in [-0.25, -0.2) is 9.50 Å². The predicted molar refractivity (Wildman–Crippen MR) is 62.0 cm³/mol. The number of ether oxygens (including phenoxy) is 1. The fourth-order valence-corrected chi connectivity index (χ4v) is 2.77. The van der Waals surface area contributed by atoms with Gasteiger partial charge >= 0.3 is 0 Å². The van der Waals surface area contributed by atoms with Crippen LogP contribution in [0.25, 0.3) is 5.52 Å². The summed E-state index contributed by atoms with van der Waals surface area (Å²) in [6, 6.07) is 3.42. The minimum absolute atomic E-state index is 0.317. The van der Waals surface area contributed by atoms with Crippen LogP contribution in [0, 0.1) is 0 Å². The molecule has 3 heterocycles. The van der Waals surface area contributed by atoms with Gasteiger partial charge in [0.15, 0.2) is 11.4 Å². The molecule has 0 bridgehead atoms. The first-order chi connectivity index (χ1) is 9.05. The third-order valence-electron chi connectivity index (χ3n) is 3.96. The average molecular weight is 264 g/mol. The molecule has 4 rings (SSSR count). The van der Waals surface area contributed by atoms with E-state index in [0.717, 1.165) is 0 Å². The van der Waals surface area contributed by atoms with Crippen molar-refractivity contribution in [1.82, 2.24) is 14.6 Å². The van der Waals surface area contributed by atoms with Gasteiger partial charge in [0, 0.05) is 0 Å². The number of aliphatic hydroxyl groups is 3. The van der Waals surface area contributed by atoms with Gasteiger partial charge in [-0.3, -0.25) is 0 Å². The first-order valence-electron chi connectivity index (χ1n) is 5.87. The quantitative estimate of drug-likeness (QED) is 0.479. The number of aliphatic hydroxyl groups excluding tert-OH is 2. The van der Waals surface area contributed by atoms with Gasteiger partial charge in [0.05, 0.1) is 5.69 Å². The summed E-state index contributed by atoms with van der Waals surface area (Å²) < 4.78 is 6.99. The summed E-state index contributed by atoms with van der Waals surface area (Å²) in [5.74, 6) is 0.317. The van der Waals surface area contributed by atoms with E-state index in [9.17, 15) is 15.3 Å². The molecule has 2 aromatic rings. The molecule has 0 radical (unpaired) electrons. The second-order valence-corrected chi connectivity index (χ2v) is 4.95. The third-order valence-corrected chi connectivity index (χ3v) is 3.96. The Balaban J connectivity index is 1.79. The molecule has 100 valence electrons. The number of hydrogen-bond donors (Lipinski definition) is 4. The number of nitrogens with two attached hydrogens (primary N) is 1. The van der Waals surface area contributed by atoms with Crippen molar-refractivity contribution >= 4 is 11.3 Å². The first kappa shape index (κ1) is 11.1. The summed E-state index contributed by atoms with van der Waals surface area (Å²) in [7, 11) is 0. The van der Waals surface area contributed by atoms with Crippen LogP contribution < -0.4 is 5.73 Å². The lowest BCUT2D eigenvalue weighted by Crippen LogP contribution is -2.34. The molecule has 1 saturated heterocycles.